The number of carbonyl (C=O) groups excluding carboxylic acids is 2. The third kappa shape index (κ3) is 3.95. The van der Waals surface area contributed by atoms with Crippen molar-refractivity contribution in [2.24, 2.45) is 5.92 Å². The van der Waals surface area contributed by atoms with E-state index in [4.69, 9.17) is 4.74 Å². The second-order valence-electron chi connectivity index (χ2n) is 9.27. The summed E-state index contributed by atoms with van der Waals surface area (Å²) in [5, 5.41) is 18.6. The van der Waals surface area contributed by atoms with Gasteiger partial charge in [-0.3, -0.25) is 9.59 Å². The van der Waals surface area contributed by atoms with Gasteiger partial charge in [-0.1, -0.05) is 0 Å². The highest BCUT2D eigenvalue weighted by molar-refractivity contribution is 5.84. The van der Waals surface area contributed by atoms with Crippen LogP contribution in [0.1, 0.15) is 32.1 Å². The monoisotopic (exact) mass is 453 g/mol. The summed E-state index contributed by atoms with van der Waals surface area (Å²) >= 11 is 0. The summed E-state index contributed by atoms with van der Waals surface area (Å²) in [5.74, 6) is -0.271. The number of fused-ring (bicyclic) bond motifs is 1. The average molecular weight is 453 g/mol. The molecule has 0 spiro atoms. The van der Waals surface area contributed by atoms with Crippen LogP contribution in [-0.4, -0.2) is 60.1 Å². The van der Waals surface area contributed by atoms with E-state index in [1.165, 1.54) is 18.2 Å². The number of benzene rings is 1. The third-order valence-electron chi connectivity index (χ3n) is 6.65. The SMILES string of the molecule is O=C(COc1ccc2c(c1)OC(F)(F)O2)NC12CC(NC(=O)C3CC(CO)CCN3)(C1)C2. The number of piperidine rings is 1. The van der Waals surface area contributed by atoms with E-state index in [-0.39, 0.29) is 65.3 Å². The largest absolute Gasteiger partial charge is 0.586 e. The Morgan fingerprint density at radius 3 is 2.62 bits per heavy atom. The lowest BCUT2D eigenvalue weighted by atomic mass is 9.44. The van der Waals surface area contributed by atoms with Gasteiger partial charge in [0, 0.05) is 23.8 Å². The Bertz CT molecular complexity index is 922. The minimum atomic E-state index is -3.71. The van der Waals surface area contributed by atoms with Crippen LogP contribution in [0.3, 0.4) is 0 Å². The van der Waals surface area contributed by atoms with Crippen molar-refractivity contribution in [2.75, 3.05) is 19.8 Å². The minimum absolute atomic E-state index is 0.0560. The molecule has 2 heterocycles. The molecule has 0 radical (unpaired) electrons. The van der Waals surface area contributed by atoms with Crippen molar-refractivity contribution in [1.82, 2.24) is 16.0 Å². The highest BCUT2D eigenvalue weighted by atomic mass is 19.3. The molecule has 3 aliphatic carbocycles. The molecule has 174 valence electrons. The molecular weight excluding hydrogens is 428 g/mol. The molecule has 2 aliphatic heterocycles. The number of hydrogen-bond donors (Lipinski definition) is 4. The number of aliphatic hydroxyl groups excluding tert-OH is 1. The quantitative estimate of drug-likeness (QED) is 0.479. The summed E-state index contributed by atoms with van der Waals surface area (Å²) in [6.45, 7) is 0.528. The molecule has 6 rings (SSSR count). The number of carbonyl (C=O) groups is 2. The number of hydrogen-bond acceptors (Lipinski definition) is 7. The molecule has 2 amide bonds. The first-order valence-corrected chi connectivity index (χ1v) is 10.7. The molecule has 32 heavy (non-hydrogen) atoms. The van der Waals surface area contributed by atoms with Crippen LogP contribution >= 0.6 is 0 Å². The lowest BCUT2D eigenvalue weighted by Gasteiger charge is -2.70. The molecule has 1 aromatic carbocycles. The van der Waals surface area contributed by atoms with Gasteiger partial charge in [0.2, 0.25) is 5.91 Å². The van der Waals surface area contributed by atoms with Crippen molar-refractivity contribution < 1.29 is 37.7 Å². The van der Waals surface area contributed by atoms with Crippen LogP contribution in [0.5, 0.6) is 17.2 Å². The smallest absolute Gasteiger partial charge is 0.484 e. The first-order valence-electron chi connectivity index (χ1n) is 10.7. The zero-order valence-electron chi connectivity index (χ0n) is 17.3. The number of halogens is 2. The predicted octanol–water partition coefficient (Wildman–Crippen LogP) is 0.655. The second-order valence-corrected chi connectivity index (χ2v) is 9.27. The maximum atomic E-state index is 13.1. The molecule has 5 aliphatic rings. The second kappa shape index (κ2) is 7.45. The normalized spacial score (nSPS) is 33.5. The Morgan fingerprint density at radius 2 is 1.88 bits per heavy atom. The Hall–Kier alpha value is -2.66. The van der Waals surface area contributed by atoms with Gasteiger partial charge in [-0.25, -0.2) is 0 Å². The van der Waals surface area contributed by atoms with Gasteiger partial charge in [-0.15, -0.1) is 8.78 Å². The van der Waals surface area contributed by atoms with E-state index < -0.39 is 6.29 Å². The summed E-state index contributed by atoms with van der Waals surface area (Å²) in [6.07, 6.45) is -0.246. The van der Waals surface area contributed by atoms with E-state index in [0.29, 0.717) is 32.2 Å². The summed E-state index contributed by atoms with van der Waals surface area (Å²) in [5.41, 5.74) is -0.611. The van der Waals surface area contributed by atoms with Crippen LogP contribution < -0.4 is 30.2 Å². The van der Waals surface area contributed by atoms with Gasteiger partial charge in [0.05, 0.1) is 6.04 Å². The summed E-state index contributed by atoms with van der Waals surface area (Å²) in [4.78, 5) is 24.9. The Kier molecular flexibility index (Phi) is 4.93. The van der Waals surface area contributed by atoms with Crippen LogP contribution in [0, 0.1) is 5.92 Å². The molecule has 2 atom stereocenters. The number of rotatable bonds is 7. The van der Waals surface area contributed by atoms with Crippen molar-refractivity contribution >= 4 is 11.8 Å². The highest BCUT2D eigenvalue weighted by Gasteiger charge is 2.69. The predicted molar refractivity (Wildman–Crippen MR) is 105 cm³/mol. The van der Waals surface area contributed by atoms with E-state index in [2.05, 4.69) is 25.4 Å². The fourth-order valence-corrected chi connectivity index (χ4v) is 5.26. The van der Waals surface area contributed by atoms with Crippen molar-refractivity contribution in [1.29, 1.82) is 0 Å². The molecule has 4 N–H and O–H groups in total. The zero-order valence-corrected chi connectivity index (χ0v) is 17.3. The molecule has 4 fully saturated rings. The van der Waals surface area contributed by atoms with Crippen molar-refractivity contribution in [3.05, 3.63) is 18.2 Å². The first kappa shape index (κ1) is 21.2. The van der Waals surface area contributed by atoms with Gasteiger partial charge in [0.1, 0.15) is 5.75 Å². The molecule has 3 saturated carbocycles. The lowest BCUT2D eigenvalue weighted by molar-refractivity contribution is -0.286. The van der Waals surface area contributed by atoms with E-state index in [1.54, 1.807) is 0 Å². The molecule has 2 bridgehead atoms. The topological polar surface area (TPSA) is 118 Å². The maximum Gasteiger partial charge on any atom is 0.586 e. The number of alkyl halides is 2. The fraction of sp³-hybridized carbons (Fsp3) is 0.619. The highest BCUT2D eigenvalue weighted by Crippen LogP contribution is 2.60. The van der Waals surface area contributed by atoms with Gasteiger partial charge >= 0.3 is 6.29 Å². The van der Waals surface area contributed by atoms with Crippen LogP contribution in [-0.2, 0) is 9.59 Å². The van der Waals surface area contributed by atoms with Crippen LogP contribution in [0.4, 0.5) is 8.78 Å². The number of amides is 2. The Balaban J connectivity index is 1.06. The molecule has 11 heteroatoms. The third-order valence-corrected chi connectivity index (χ3v) is 6.65. The average Bonchev–Trinajstić information content (AvgIpc) is 3.02. The van der Waals surface area contributed by atoms with Crippen molar-refractivity contribution in [3.63, 3.8) is 0 Å². The maximum absolute atomic E-state index is 13.1. The van der Waals surface area contributed by atoms with Crippen LogP contribution in [0.25, 0.3) is 0 Å². The van der Waals surface area contributed by atoms with E-state index in [0.717, 1.165) is 6.42 Å². The van der Waals surface area contributed by atoms with Crippen molar-refractivity contribution in [3.8, 4) is 17.2 Å². The summed E-state index contributed by atoms with van der Waals surface area (Å²) in [7, 11) is 0. The molecule has 1 aromatic rings. The summed E-state index contributed by atoms with van der Waals surface area (Å²) in [6, 6.07) is 3.66. The van der Waals surface area contributed by atoms with Gasteiger partial charge in [-0.2, -0.15) is 0 Å². The summed E-state index contributed by atoms with van der Waals surface area (Å²) < 4.78 is 40.2. The van der Waals surface area contributed by atoms with Crippen molar-refractivity contribution in [2.45, 2.75) is 55.5 Å². The standard InChI is InChI=1S/C21H25F2N3O6/c22-21(23)31-15-2-1-13(6-16(15)32-21)30-8-17(28)25-19-9-20(10-19,11-19)26-18(29)14-5-12(7-27)3-4-24-14/h1-2,6,12,14,24,27H,3-5,7-11H2,(H,25,28)(H,26,29). The van der Waals surface area contributed by atoms with E-state index >= 15 is 0 Å². The zero-order chi connectivity index (χ0) is 22.6. The van der Waals surface area contributed by atoms with E-state index in [9.17, 15) is 23.5 Å². The van der Waals surface area contributed by atoms with Crippen LogP contribution in [0.15, 0.2) is 18.2 Å². The fourth-order valence-electron chi connectivity index (χ4n) is 5.26. The Labute approximate surface area is 182 Å². The number of aliphatic hydroxyl groups is 1. The van der Waals surface area contributed by atoms with Gasteiger partial charge < -0.3 is 35.3 Å². The van der Waals surface area contributed by atoms with E-state index in [1.807, 2.05) is 0 Å². The van der Waals surface area contributed by atoms with Gasteiger partial charge in [0.25, 0.3) is 5.91 Å². The molecule has 0 aromatic heterocycles. The number of ether oxygens (including phenoxy) is 3. The van der Waals surface area contributed by atoms with Crippen LogP contribution in [0.2, 0.25) is 0 Å². The van der Waals surface area contributed by atoms with Gasteiger partial charge in [-0.05, 0) is 56.7 Å². The minimum Gasteiger partial charge on any atom is -0.484 e. The molecular formula is C21H25F2N3O6. The molecule has 1 saturated heterocycles. The van der Waals surface area contributed by atoms with Gasteiger partial charge in [0.15, 0.2) is 18.1 Å². The first-order chi connectivity index (χ1) is 15.2. The molecule has 9 nitrogen and oxygen atoms in total. The lowest BCUT2D eigenvalue weighted by Crippen LogP contribution is -2.84. The Morgan fingerprint density at radius 1 is 1.16 bits per heavy atom. The number of nitrogens with one attached hydrogen (secondary N) is 3. The molecule has 2 unspecified atom stereocenters.